The fourth-order valence-corrected chi connectivity index (χ4v) is 2.08. The van der Waals surface area contributed by atoms with Gasteiger partial charge >= 0.3 is 5.97 Å². The molecule has 0 aromatic heterocycles. The number of esters is 1. The lowest BCUT2D eigenvalue weighted by Crippen LogP contribution is -2.20. The Balaban J connectivity index is 1.87. The van der Waals surface area contributed by atoms with Gasteiger partial charge in [0.1, 0.15) is 0 Å². The summed E-state index contributed by atoms with van der Waals surface area (Å²) >= 11 is 0. The van der Waals surface area contributed by atoms with E-state index in [9.17, 15) is 18.4 Å². The number of rotatable bonds is 7. The van der Waals surface area contributed by atoms with E-state index in [0.717, 1.165) is 18.2 Å². The molecule has 142 valence electrons. The third kappa shape index (κ3) is 5.81. The van der Waals surface area contributed by atoms with E-state index in [2.05, 4.69) is 5.32 Å². The summed E-state index contributed by atoms with van der Waals surface area (Å²) in [6, 6.07) is 7.95. The number of anilines is 1. The molecule has 0 heterocycles. The fourth-order valence-electron chi connectivity index (χ4n) is 2.08. The molecule has 0 spiro atoms. The SMILES string of the molecule is COc1ccc(/C=C/C(=O)OCC(=O)Nc2ccc(F)c(F)c2)cc1OC. The lowest BCUT2D eigenvalue weighted by atomic mass is 10.2. The van der Waals surface area contributed by atoms with Crippen LogP contribution in [0.5, 0.6) is 11.5 Å². The number of ether oxygens (including phenoxy) is 3. The van der Waals surface area contributed by atoms with Gasteiger partial charge in [-0.2, -0.15) is 0 Å². The minimum atomic E-state index is -1.09. The maximum atomic E-state index is 13.1. The molecule has 0 aliphatic rings. The van der Waals surface area contributed by atoms with E-state index in [1.807, 2.05) is 0 Å². The van der Waals surface area contributed by atoms with Crippen LogP contribution < -0.4 is 14.8 Å². The first kappa shape index (κ1) is 19.9. The molecule has 27 heavy (non-hydrogen) atoms. The molecule has 0 fully saturated rings. The van der Waals surface area contributed by atoms with E-state index in [1.54, 1.807) is 18.2 Å². The van der Waals surface area contributed by atoms with Crippen molar-refractivity contribution in [1.82, 2.24) is 0 Å². The van der Waals surface area contributed by atoms with Gasteiger partial charge in [0.05, 0.1) is 14.2 Å². The van der Waals surface area contributed by atoms with Gasteiger partial charge in [-0.25, -0.2) is 13.6 Å². The number of hydrogen-bond donors (Lipinski definition) is 1. The van der Waals surface area contributed by atoms with Crippen LogP contribution in [-0.4, -0.2) is 32.7 Å². The summed E-state index contributed by atoms with van der Waals surface area (Å²) in [7, 11) is 3.00. The second-order valence-corrected chi connectivity index (χ2v) is 5.23. The lowest BCUT2D eigenvalue weighted by molar-refractivity contribution is -0.142. The number of methoxy groups -OCH3 is 2. The second kappa shape index (κ2) is 9.33. The third-order valence-corrected chi connectivity index (χ3v) is 3.37. The number of carbonyl (C=O) groups excluding carboxylic acids is 2. The highest BCUT2D eigenvalue weighted by Gasteiger charge is 2.08. The molecule has 6 nitrogen and oxygen atoms in total. The lowest BCUT2D eigenvalue weighted by Gasteiger charge is -2.07. The Morgan fingerprint density at radius 1 is 1.00 bits per heavy atom. The molecule has 2 rings (SSSR count). The number of hydrogen-bond acceptors (Lipinski definition) is 5. The zero-order valence-corrected chi connectivity index (χ0v) is 14.6. The van der Waals surface area contributed by atoms with Gasteiger partial charge in [0.15, 0.2) is 29.7 Å². The van der Waals surface area contributed by atoms with Gasteiger partial charge in [0.25, 0.3) is 5.91 Å². The molecule has 0 unspecified atom stereocenters. The zero-order chi connectivity index (χ0) is 19.8. The molecule has 0 aliphatic heterocycles. The Hall–Kier alpha value is -3.42. The van der Waals surface area contributed by atoms with Gasteiger partial charge in [-0.1, -0.05) is 6.07 Å². The van der Waals surface area contributed by atoms with E-state index in [4.69, 9.17) is 14.2 Å². The van der Waals surface area contributed by atoms with Crippen LogP contribution in [0.3, 0.4) is 0 Å². The molecule has 1 amide bonds. The van der Waals surface area contributed by atoms with E-state index < -0.39 is 30.1 Å². The summed E-state index contributed by atoms with van der Waals surface area (Å²) in [6.07, 6.45) is 2.63. The topological polar surface area (TPSA) is 73.9 Å². The molecular formula is C19H17F2NO5. The summed E-state index contributed by atoms with van der Waals surface area (Å²) in [5, 5.41) is 2.29. The molecule has 2 aromatic carbocycles. The molecular weight excluding hydrogens is 360 g/mol. The smallest absolute Gasteiger partial charge is 0.331 e. The van der Waals surface area contributed by atoms with Crippen LogP contribution >= 0.6 is 0 Å². The van der Waals surface area contributed by atoms with Crippen LogP contribution in [0.2, 0.25) is 0 Å². The minimum Gasteiger partial charge on any atom is -0.493 e. The highest BCUT2D eigenvalue weighted by Crippen LogP contribution is 2.27. The predicted molar refractivity (Wildman–Crippen MR) is 94.5 cm³/mol. The molecule has 1 N–H and O–H groups in total. The summed E-state index contributed by atoms with van der Waals surface area (Å²) in [5.74, 6) is -2.51. The first-order valence-corrected chi connectivity index (χ1v) is 7.74. The fraction of sp³-hybridized carbons (Fsp3) is 0.158. The third-order valence-electron chi connectivity index (χ3n) is 3.37. The Morgan fingerprint density at radius 3 is 2.41 bits per heavy atom. The summed E-state index contributed by atoms with van der Waals surface area (Å²) < 4.78 is 41.0. The normalized spacial score (nSPS) is 10.5. The Bertz CT molecular complexity index is 867. The van der Waals surface area contributed by atoms with Crippen LogP contribution in [0.1, 0.15) is 5.56 Å². The summed E-state index contributed by atoms with van der Waals surface area (Å²) in [6.45, 7) is -0.575. The van der Waals surface area contributed by atoms with Gasteiger partial charge in [-0.3, -0.25) is 4.79 Å². The minimum absolute atomic E-state index is 0.0517. The quantitative estimate of drug-likeness (QED) is 0.593. The molecule has 0 saturated heterocycles. The van der Waals surface area contributed by atoms with Crippen LogP contribution in [0, 0.1) is 11.6 Å². The summed E-state index contributed by atoms with van der Waals surface area (Å²) in [4.78, 5) is 23.4. The van der Waals surface area contributed by atoms with Crippen LogP contribution in [0.4, 0.5) is 14.5 Å². The van der Waals surface area contributed by atoms with Crippen LogP contribution in [0.15, 0.2) is 42.5 Å². The maximum Gasteiger partial charge on any atom is 0.331 e. The Kier molecular flexibility index (Phi) is 6.87. The molecule has 2 aromatic rings. The summed E-state index contributed by atoms with van der Waals surface area (Å²) in [5.41, 5.74) is 0.714. The van der Waals surface area contributed by atoms with Crippen molar-refractivity contribution >= 4 is 23.6 Å². The molecule has 0 aliphatic carbocycles. The Morgan fingerprint density at radius 2 is 1.74 bits per heavy atom. The van der Waals surface area contributed by atoms with Crippen molar-refractivity contribution < 1.29 is 32.6 Å². The number of nitrogens with one attached hydrogen (secondary N) is 1. The molecule has 8 heteroatoms. The number of carbonyl (C=O) groups is 2. The molecule has 0 atom stereocenters. The van der Waals surface area contributed by atoms with Crippen molar-refractivity contribution in [3.05, 3.63) is 59.7 Å². The highest BCUT2D eigenvalue weighted by molar-refractivity contribution is 5.94. The standard InChI is InChI=1S/C19H17F2NO5/c1-25-16-7-3-12(9-17(16)26-2)4-8-19(24)27-11-18(23)22-13-5-6-14(20)15(21)10-13/h3-10H,11H2,1-2H3,(H,22,23)/b8-4+. The van der Waals surface area contributed by atoms with Gasteiger partial charge < -0.3 is 19.5 Å². The molecule has 0 bridgehead atoms. The molecule has 0 saturated carbocycles. The van der Waals surface area contributed by atoms with Crippen molar-refractivity contribution in [2.45, 2.75) is 0 Å². The highest BCUT2D eigenvalue weighted by atomic mass is 19.2. The van der Waals surface area contributed by atoms with Crippen molar-refractivity contribution in [3.63, 3.8) is 0 Å². The number of amides is 1. The van der Waals surface area contributed by atoms with E-state index >= 15 is 0 Å². The van der Waals surface area contributed by atoms with Gasteiger partial charge in [-0.15, -0.1) is 0 Å². The van der Waals surface area contributed by atoms with Crippen molar-refractivity contribution in [2.24, 2.45) is 0 Å². The van der Waals surface area contributed by atoms with E-state index in [0.29, 0.717) is 17.1 Å². The zero-order valence-electron chi connectivity index (χ0n) is 14.6. The van der Waals surface area contributed by atoms with Crippen molar-refractivity contribution in [2.75, 3.05) is 26.1 Å². The maximum absolute atomic E-state index is 13.1. The number of benzene rings is 2. The first-order valence-electron chi connectivity index (χ1n) is 7.74. The number of halogens is 2. The van der Waals surface area contributed by atoms with Gasteiger partial charge in [-0.05, 0) is 35.9 Å². The molecule has 0 radical (unpaired) electrons. The monoisotopic (exact) mass is 377 g/mol. The first-order chi connectivity index (χ1) is 12.9. The Labute approximate surface area is 154 Å². The van der Waals surface area contributed by atoms with E-state index in [-0.39, 0.29) is 5.69 Å². The van der Waals surface area contributed by atoms with Gasteiger partial charge in [0.2, 0.25) is 0 Å². The van der Waals surface area contributed by atoms with Crippen LogP contribution in [0.25, 0.3) is 6.08 Å². The second-order valence-electron chi connectivity index (χ2n) is 5.23. The van der Waals surface area contributed by atoms with Crippen molar-refractivity contribution in [3.8, 4) is 11.5 Å². The largest absolute Gasteiger partial charge is 0.493 e. The van der Waals surface area contributed by atoms with Crippen LogP contribution in [-0.2, 0) is 14.3 Å². The average Bonchev–Trinajstić information content (AvgIpc) is 2.67. The van der Waals surface area contributed by atoms with Crippen molar-refractivity contribution in [1.29, 1.82) is 0 Å². The predicted octanol–water partition coefficient (Wildman–Crippen LogP) is 3.18. The average molecular weight is 377 g/mol. The van der Waals surface area contributed by atoms with E-state index in [1.165, 1.54) is 26.4 Å². The van der Waals surface area contributed by atoms with Gasteiger partial charge in [0, 0.05) is 17.8 Å².